The Morgan fingerprint density at radius 2 is 1.82 bits per heavy atom. The number of aliphatic carboxylic acids is 2. The molecule has 0 unspecified atom stereocenters. The molecule has 0 heterocycles. The number of rotatable bonds is 6. The van der Waals surface area contributed by atoms with Crippen LogP contribution in [0.25, 0.3) is 0 Å². The molecule has 0 bridgehead atoms. The summed E-state index contributed by atoms with van der Waals surface area (Å²) in [5, 5.41) is 19.4. The summed E-state index contributed by atoms with van der Waals surface area (Å²) < 4.78 is 37.6. The second-order valence-electron chi connectivity index (χ2n) is 4.38. The van der Waals surface area contributed by atoms with Gasteiger partial charge in [0.1, 0.15) is 6.04 Å². The number of halogens is 3. The lowest BCUT2D eigenvalue weighted by atomic mass is 10.1. The van der Waals surface area contributed by atoms with E-state index in [9.17, 15) is 27.6 Å². The number of carboxylic acids is 2. The molecule has 120 valence electrons. The van der Waals surface area contributed by atoms with Crippen LogP contribution in [0.3, 0.4) is 0 Å². The highest BCUT2D eigenvalue weighted by Gasteiger charge is 2.31. The summed E-state index contributed by atoms with van der Waals surface area (Å²) in [6, 6.07) is 1.98. The number of amides is 1. The maximum Gasteiger partial charge on any atom is 0.416 e. The molecule has 1 amide bonds. The molecule has 0 radical (unpaired) electrons. The molecule has 0 aromatic heterocycles. The van der Waals surface area contributed by atoms with Crippen LogP contribution in [0.1, 0.15) is 28.8 Å². The van der Waals surface area contributed by atoms with Gasteiger partial charge in [0.05, 0.1) is 5.56 Å². The van der Waals surface area contributed by atoms with Crippen molar-refractivity contribution in [2.45, 2.75) is 25.1 Å². The zero-order valence-electron chi connectivity index (χ0n) is 11.1. The van der Waals surface area contributed by atoms with Crippen LogP contribution in [0.15, 0.2) is 24.3 Å². The van der Waals surface area contributed by atoms with Gasteiger partial charge >= 0.3 is 18.1 Å². The number of nitrogens with one attached hydrogen (secondary N) is 1. The summed E-state index contributed by atoms with van der Waals surface area (Å²) in [7, 11) is 0. The van der Waals surface area contributed by atoms with Gasteiger partial charge in [-0.1, -0.05) is 6.07 Å². The van der Waals surface area contributed by atoms with Crippen LogP contribution in [0.4, 0.5) is 13.2 Å². The monoisotopic (exact) mass is 319 g/mol. The molecule has 6 nitrogen and oxygen atoms in total. The first-order chi connectivity index (χ1) is 10.1. The third kappa shape index (κ3) is 5.08. The number of carbonyl (C=O) groups is 3. The molecule has 0 spiro atoms. The van der Waals surface area contributed by atoms with Crippen LogP contribution in [-0.4, -0.2) is 34.1 Å². The number of hydrogen-bond acceptors (Lipinski definition) is 3. The topological polar surface area (TPSA) is 104 Å². The van der Waals surface area contributed by atoms with Gasteiger partial charge in [0.2, 0.25) is 0 Å². The number of benzene rings is 1. The normalized spacial score (nSPS) is 12.5. The van der Waals surface area contributed by atoms with Crippen LogP contribution in [0.5, 0.6) is 0 Å². The average molecular weight is 319 g/mol. The predicted octanol–water partition coefficient (Wildman–Crippen LogP) is 1.75. The van der Waals surface area contributed by atoms with Gasteiger partial charge in [0, 0.05) is 12.0 Å². The molecule has 1 atom stereocenters. The highest BCUT2D eigenvalue weighted by Crippen LogP contribution is 2.29. The van der Waals surface area contributed by atoms with E-state index >= 15 is 0 Å². The van der Waals surface area contributed by atoms with Crippen molar-refractivity contribution >= 4 is 17.8 Å². The van der Waals surface area contributed by atoms with Crippen molar-refractivity contribution in [3.63, 3.8) is 0 Å². The third-order valence-corrected chi connectivity index (χ3v) is 2.70. The fraction of sp³-hybridized carbons (Fsp3) is 0.308. The molecule has 0 fully saturated rings. The van der Waals surface area contributed by atoms with Gasteiger partial charge in [-0.05, 0) is 24.6 Å². The van der Waals surface area contributed by atoms with E-state index in [0.29, 0.717) is 6.07 Å². The Morgan fingerprint density at radius 3 is 2.32 bits per heavy atom. The van der Waals surface area contributed by atoms with Crippen LogP contribution >= 0.6 is 0 Å². The molecular weight excluding hydrogens is 307 g/mol. The minimum Gasteiger partial charge on any atom is -0.481 e. The first-order valence-electron chi connectivity index (χ1n) is 6.04. The molecule has 3 N–H and O–H groups in total. The summed E-state index contributed by atoms with van der Waals surface area (Å²) in [4.78, 5) is 33.1. The summed E-state index contributed by atoms with van der Waals surface area (Å²) in [6.45, 7) is 0. The van der Waals surface area contributed by atoms with Crippen molar-refractivity contribution in [2.24, 2.45) is 0 Å². The number of alkyl halides is 3. The minimum atomic E-state index is -4.63. The van der Waals surface area contributed by atoms with E-state index in [2.05, 4.69) is 0 Å². The molecule has 1 aromatic rings. The standard InChI is InChI=1S/C13H12F3NO5/c14-13(15,16)8-3-1-2-7(6-8)11(20)17-9(12(21)22)4-5-10(18)19/h1-3,6,9H,4-5H2,(H,17,20)(H,18,19)(H,21,22)/t9-/m0/s1. The maximum absolute atomic E-state index is 12.5. The zero-order chi connectivity index (χ0) is 16.9. The van der Waals surface area contributed by atoms with Crippen LogP contribution in [0.2, 0.25) is 0 Å². The lowest BCUT2D eigenvalue weighted by Crippen LogP contribution is -2.41. The summed E-state index contributed by atoms with van der Waals surface area (Å²) in [5.74, 6) is -3.75. The molecule has 1 rings (SSSR count). The first-order valence-corrected chi connectivity index (χ1v) is 6.04. The Labute approximate surface area is 122 Å². The van der Waals surface area contributed by atoms with Gasteiger partial charge in [0.25, 0.3) is 5.91 Å². The van der Waals surface area contributed by atoms with Crippen molar-refractivity contribution in [3.05, 3.63) is 35.4 Å². The number of carboxylic acid groups (broad SMARTS) is 2. The van der Waals surface area contributed by atoms with E-state index in [4.69, 9.17) is 10.2 Å². The molecule has 0 aliphatic heterocycles. The highest BCUT2D eigenvalue weighted by atomic mass is 19.4. The van der Waals surface area contributed by atoms with E-state index in [0.717, 1.165) is 18.2 Å². The lowest BCUT2D eigenvalue weighted by Gasteiger charge is -2.14. The van der Waals surface area contributed by atoms with E-state index in [-0.39, 0.29) is 12.0 Å². The number of hydrogen-bond donors (Lipinski definition) is 3. The van der Waals surface area contributed by atoms with E-state index < -0.39 is 42.0 Å². The van der Waals surface area contributed by atoms with Crippen LogP contribution in [0, 0.1) is 0 Å². The van der Waals surface area contributed by atoms with Crippen LogP contribution < -0.4 is 5.32 Å². The molecule has 0 aliphatic rings. The second kappa shape index (κ2) is 6.92. The van der Waals surface area contributed by atoms with Crippen molar-refractivity contribution in [3.8, 4) is 0 Å². The lowest BCUT2D eigenvalue weighted by molar-refractivity contribution is -0.141. The van der Waals surface area contributed by atoms with Gasteiger partial charge in [-0.3, -0.25) is 9.59 Å². The second-order valence-corrected chi connectivity index (χ2v) is 4.38. The first kappa shape index (κ1) is 17.5. The Balaban J connectivity index is 2.86. The Morgan fingerprint density at radius 1 is 1.18 bits per heavy atom. The van der Waals surface area contributed by atoms with E-state index in [1.807, 2.05) is 5.32 Å². The van der Waals surface area contributed by atoms with Gasteiger partial charge in [-0.15, -0.1) is 0 Å². The maximum atomic E-state index is 12.5. The summed E-state index contributed by atoms with van der Waals surface area (Å²) in [6.07, 6.45) is -5.51. The molecule has 9 heteroatoms. The predicted molar refractivity (Wildman–Crippen MR) is 67.2 cm³/mol. The summed E-state index contributed by atoms with van der Waals surface area (Å²) >= 11 is 0. The van der Waals surface area contributed by atoms with Gasteiger partial charge in [0.15, 0.2) is 0 Å². The fourth-order valence-electron chi connectivity index (χ4n) is 1.60. The summed E-state index contributed by atoms with van der Waals surface area (Å²) in [5.41, 5.74) is -1.41. The largest absolute Gasteiger partial charge is 0.481 e. The molecule has 1 aromatic carbocycles. The van der Waals surface area contributed by atoms with Crippen LogP contribution in [-0.2, 0) is 15.8 Å². The van der Waals surface area contributed by atoms with Crippen molar-refractivity contribution < 1.29 is 37.8 Å². The Kier molecular flexibility index (Phi) is 5.50. The number of carbonyl (C=O) groups excluding carboxylic acids is 1. The minimum absolute atomic E-state index is 0.364. The zero-order valence-corrected chi connectivity index (χ0v) is 11.1. The Hall–Kier alpha value is -2.58. The van der Waals surface area contributed by atoms with Crippen molar-refractivity contribution in [1.82, 2.24) is 5.32 Å². The van der Waals surface area contributed by atoms with Crippen molar-refractivity contribution in [1.29, 1.82) is 0 Å². The van der Waals surface area contributed by atoms with Gasteiger partial charge < -0.3 is 15.5 Å². The average Bonchev–Trinajstić information content (AvgIpc) is 2.41. The SMILES string of the molecule is O=C(O)CC[C@H](NC(=O)c1cccc(C(F)(F)F)c1)C(=O)O. The van der Waals surface area contributed by atoms with E-state index in [1.54, 1.807) is 0 Å². The van der Waals surface area contributed by atoms with E-state index in [1.165, 1.54) is 0 Å². The molecular formula is C13H12F3NO5. The van der Waals surface area contributed by atoms with Crippen molar-refractivity contribution in [2.75, 3.05) is 0 Å². The molecule has 0 saturated heterocycles. The molecule has 0 aliphatic carbocycles. The third-order valence-electron chi connectivity index (χ3n) is 2.70. The Bertz CT molecular complexity index is 585. The smallest absolute Gasteiger partial charge is 0.416 e. The van der Waals surface area contributed by atoms with Gasteiger partial charge in [-0.25, -0.2) is 4.79 Å². The molecule has 22 heavy (non-hydrogen) atoms. The fourth-order valence-corrected chi connectivity index (χ4v) is 1.60. The molecule has 0 saturated carbocycles. The highest BCUT2D eigenvalue weighted by molar-refractivity contribution is 5.96. The quantitative estimate of drug-likeness (QED) is 0.741. The van der Waals surface area contributed by atoms with Gasteiger partial charge in [-0.2, -0.15) is 13.2 Å².